The minimum Gasteiger partial charge on any atom is -0.373 e. The Bertz CT molecular complexity index is 898. The van der Waals surface area contributed by atoms with E-state index in [1.165, 1.54) is 11.1 Å². The van der Waals surface area contributed by atoms with Crippen molar-refractivity contribution in [1.29, 1.82) is 0 Å². The summed E-state index contributed by atoms with van der Waals surface area (Å²) in [6.07, 6.45) is 2.33. The summed E-state index contributed by atoms with van der Waals surface area (Å²) in [5.41, 5.74) is 4.44. The highest BCUT2D eigenvalue weighted by Crippen LogP contribution is 2.33. The molecule has 2 aromatic rings. The van der Waals surface area contributed by atoms with E-state index in [1.54, 1.807) is 7.05 Å². The Morgan fingerprint density at radius 1 is 1.09 bits per heavy atom. The van der Waals surface area contributed by atoms with Gasteiger partial charge in [-0.05, 0) is 43.0 Å². The van der Waals surface area contributed by atoms with Crippen LogP contribution in [0.3, 0.4) is 0 Å². The maximum atomic E-state index is 11.8. The van der Waals surface area contributed by atoms with Gasteiger partial charge in [0, 0.05) is 44.3 Å². The molecule has 0 aliphatic carbocycles. The Morgan fingerprint density at radius 2 is 1.79 bits per heavy atom. The normalized spacial score (nSPS) is 18.4. The fourth-order valence-electron chi connectivity index (χ4n) is 3.80. The van der Waals surface area contributed by atoms with E-state index in [4.69, 9.17) is 4.74 Å². The van der Waals surface area contributed by atoms with Crippen molar-refractivity contribution < 1.29 is 9.53 Å². The SMILES string of the molecule is CN=C(NCc1ccc(NC(=O)C(C)C)cc1)NCC1CCCOC1c1ccc(C)cc1.I. The summed E-state index contributed by atoms with van der Waals surface area (Å²) in [7, 11) is 1.79. The van der Waals surface area contributed by atoms with Crippen molar-refractivity contribution in [2.45, 2.75) is 46.3 Å². The van der Waals surface area contributed by atoms with Crippen molar-refractivity contribution in [3.63, 3.8) is 0 Å². The molecule has 180 valence electrons. The average Bonchev–Trinajstić information content (AvgIpc) is 2.81. The van der Waals surface area contributed by atoms with E-state index in [-0.39, 0.29) is 41.9 Å². The lowest BCUT2D eigenvalue weighted by Gasteiger charge is -2.32. The second kappa shape index (κ2) is 13.5. The highest BCUT2D eigenvalue weighted by Gasteiger charge is 2.27. The Labute approximate surface area is 215 Å². The van der Waals surface area contributed by atoms with Crippen LogP contribution in [0, 0.1) is 18.8 Å². The van der Waals surface area contributed by atoms with Crippen LogP contribution in [0.4, 0.5) is 5.69 Å². The first-order valence-corrected chi connectivity index (χ1v) is 11.5. The zero-order valence-corrected chi connectivity index (χ0v) is 22.4. The second-order valence-electron chi connectivity index (χ2n) is 8.75. The molecular weight excluding hydrogens is 527 g/mol. The monoisotopic (exact) mass is 564 g/mol. The maximum Gasteiger partial charge on any atom is 0.226 e. The Hall–Kier alpha value is -2.13. The molecule has 3 rings (SSSR count). The Kier molecular flexibility index (Phi) is 11.1. The summed E-state index contributed by atoms with van der Waals surface area (Å²) < 4.78 is 6.13. The third-order valence-corrected chi connectivity index (χ3v) is 5.81. The minimum absolute atomic E-state index is 0. The molecule has 7 heteroatoms. The number of halogens is 1. The number of hydrogen-bond acceptors (Lipinski definition) is 3. The number of rotatable bonds is 7. The quantitative estimate of drug-likeness (QED) is 0.250. The van der Waals surface area contributed by atoms with Crippen molar-refractivity contribution in [1.82, 2.24) is 10.6 Å². The molecule has 6 nitrogen and oxygen atoms in total. The van der Waals surface area contributed by atoms with Gasteiger partial charge < -0.3 is 20.7 Å². The highest BCUT2D eigenvalue weighted by molar-refractivity contribution is 14.0. The topological polar surface area (TPSA) is 74.8 Å². The molecule has 2 unspecified atom stereocenters. The zero-order chi connectivity index (χ0) is 22.9. The van der Waals surface area contributed by atoms with Crippen molar-refractivity contribution in [3.05, 3.63) is 65.2 Å². The molecular formula is C26H37IN4O2. The maximum absolute atomic E-state index is 11.8. The fourth-order valence-corrected chi connectivity index (χ4v) is 3.80. The number of ether oxygens (including phenoxy) is 1. The summed E-state index contributed by atoms with van der Waals surface area (Å²) in [5.74, 6) is 1.16. The van der Waals surface area contributed by atoms with Crippen LogP contribution in [-0.4, -0.2) is 32.1 Å². The molecule has 3 N–H and O–H groups in total. The van der Waals surface area contributed by atoms with Gasteiger partial charge in [-0.3, -0.25) is 9.79 Å². The predicted molar refractivity (Wildman–Crippen MR) is 146 cm³/mol. The Balaban J connectivity index is 0.00000385. The van der Waals surface area contributed by atoms with E-state index in [2.05, 4.69) is 52.1 Å². The van der Waals surface area contributed by atoms with Gasteiger partial charge in [0.1, 0.15) is 0 Å². The van der Waals surface area contributed by atoms with Crippen LogP contribution in [0.2, 0.25) is 0 Å². The molecule has 0 saturated carbocycles. The summed E-state index contributed by atoms with van der Waals surface area (Å²) >= 11 is 0. The number of benzene rings is 2. The Morgan fingerprint density at radius 3 is 2.42 bits per heavy atom. The molecule has 1 aliphatic rings. The number of amides is 1. The van der Waals surface area contributed by atoms with Gasteiger partial charge in [0.05, 0.1) is 6.10 Å². The van der Waals surface area contributed by atoms with Crippen molar-refractivity contribution in [2.75, 3.05) is 25.5 Å². The zero-order valence-electron chi connectivity index (χ0n) is 20.1. The van der Waals surface area contributed by atoms with E-state index in [9.17, 15) is 4.79 Å². The van der Waals surface area contributed by atoms with Gasteiger partial charge in [0.2, 0.25) is 5.91 Å². The van der Waals surface area contributed by atoms with Crippen molar-refractivity contribution >= 4 is 41.5 Å². The van der Waals surface area contributed by atoms with E-state index in [1.807, 2.05) is 38.1 Å². The molecule has 0 aromatic heterocycles. The van der Waals surface area contributed by atoms with Crippen LogP contribution in [0.15, 0.2) is 53.5 Å². The first kappa shape index (κ1) is 27.1. The molecule has 0 radical (unpaired) electrons. The largest absolute Gasteiger partial charge is 0.373 e. The van der Waals surface area contributed by atoms with Gasteiger partial charge in [-0.15, -0.1) is 24.0 Å². The number of aryl methyl sites for hydroxylation is 1. The van der Waals surface area contributed by atoms with E-state index >= 15 is 0 Å². The van der Waals surface area contributed by atoms with E-state index in [0.29, 0.717) is 12.5 Å². The highest BCUT2D eigenvalue weighted by atomic mass is 127. The summed E-state index contributed by atoms with van der Waals surface area (Å²) in [6, 6.07) is 16.5. The predicted octanol–water partition coefficient (Wildman–Crippen LogP) is 5.04. The van der Waals surface area contributed by atoms with Gasteiger partial charge in [-0.2, -0.15) is 0 Å². The van der Waals surface area contributed by atoms with Crippen LogP contribution < -0.4 is 16.0 Å². The number of nitrogens with zero attached hydrogens (tertiary/aromatic N) is 1. The third kappa shape index (κ3) is 8.30. The molecule has 1 fully saturated rings. The number of hydrogen-bond donors (Lipinski definition) is 3. The summed E-state index contributed by atoms with van der Waals surface area (Å²) in [5, 5.41) is 9.76. The number of carbonyl (C=O) groups excluding carboxylic acids is 1. The fraction of sp³-hybridized carbons (Fsp3) is 0.462. The lowest BCUT2D eigenvalue weighted by molar-refractivity contribution is -0.118. The van der Waals surface area contributed by atoms with E-state index in [0.717, 1.165) is 43.2 Å². The van der Waals surface area contributed by atoms with Crippen molar-refractivity contribution in [3.8, 4) is 0 Å². The third-order valence-electron chi connectivity index (χ3n) is 5.81. The second-order valence-corrected chi connectivity index (χ2v) is 8.75. The van der Waals surface area contributed by atoms with Gasteiger partial charge >= 0.3 is 0 Å². The number of aliphatic imine (C=N–C) groups is 1. The number of nitrogens with one attached hydrogen (secondary N) is 3. The molecule has 1 heterocycles. The number of guanidine groups is 1. The molecule has 2 aromatic carbocycles. The van der Waals surface area contributed by atoms with Crippen LogP contribution in [0.25, 0.3) is 0 Å². The minimum atomic E-state index is -0.0362. The van der Waals surface area contributed by atoms with Crippen molar-refractivity contribution in [2.24, 2.45) is 16.8 Å². The summed E-state index contributed by atoms with van der Waals surface area (Å²) in [6.45, 7) is 8.15. The van der Waals surface area contributed by atoms with Crippen LogP contribution in [-0.2, 0) is 16.1 Å². The van der Waals surface area contributed by atoms with Crippen LogP contribution in [0.1, 0.15) is 49.5 Å². The van der Waals surface area contributed by atoms with Gasteiger partial charge in [-0.1, -0.05) is 55.8 Å². The smallest absolute Gasteiger partial charge is 0.226 e. The molecule has 1 amide bonds. The van der Waals surface area contributed by atoms with E-state index < -0.39 is 0 Å². The molecule has 1 saturated heterocycles. The number of anilines is 1. The lowest BCUT2D eigenvalue weighted by Crippen LogP contribution is -2.41. The first-order valence-electron chi connectivity index (χ1n) is 11.5. The molecule has 0 spiro atoms. The van der Waals surface area contributed by atoms with Crippen LogP contribution in [0.5, 0.6) is 0 Å². The molecule has 0 bridgehead atoms. The van der Waals surface area contributed by atoms with Gasteiger partial charge in [0.15, 0.2) is 5.96 Å². The molecule has 33 heavy (non-hydrogen) atoms. The summed E-state index contributed by atoms with van der Waals surface area (Å²) in [4.78, 5) is 16.2. The first-order chi connectivity index (χ1) is 15.5. The van der Waals surface area contributed by atoms with Crippen LogP contribution >= 0.6 is 24.0 Å². The lowest BCUT2D eigenvalue weighted by atomic mass is 9.89. The van der Waals surface area contributed by atoms with Gasteiger partial charge in [0.25, 0.3) is 0 Å². The number of carbonyl (C=O) groups is 1. The molecule has 2 atom stereocenters. The average molecular weight is 565 g/mol. The molecule has 1 aliphatic heterocycles. The van der Waals surface area contributed by atoms with Gasteiger partial charge in [-0.25, -0.2) is 0 Å². The standard InChI is InChI=1S/C26H36N4O2.HI/c1-18(2)25(31)30-23-13-9-20(10-14-23)16-28-26(27-4)29-17-22-6-5-15-32-24(22)21-11-7-19(3)8-12-21;/h7-14,18,22,24H,5-6,15-17H2,1-4H3,(H,30,31)(H2,27,28,29);1H.